The highest BCUT2D eigenvalue weighted by molar-refractivity contribution is 6.30. The van der Waals surface area contributed by atoms with Crippen molar-refractivity contribution in [1.82, 2.24) is 10.2 Å². The lowest BCUT2D eigenvalue weighted by molar-refractivity contribution is 0.256. The van der Waals surface area contributed by atoms with E-state index >= 15 is 0 Å². The van der Waals surface area contributed by atoms with Crippen LogP contribution in [-0.2, 0) is 0 Å². The lowest BCUT2D eigenvalue weighted by Crippen LogP contribution is -2.40. The summed E-state index contributed by atoms with van der Waals surface area (Å²) in [4.78, 5) is 2.41. The Morgan fingerprint density at radius 1 is 1.21 bits per heavy atom. The van der Waals surface area contributed by atoms with Crippen LogP contribution < -0.4 is 10.1 Å². The van der Waals surface area contributed by atoms with Gasteiger partial charge >= 0.3 is 0 Å². The van der Waals surface area contributed by atoms with E-state index in [1.807, 2.05) is 24.3 Å². The Labute approximate surface area is 121 Å². The Bertz CT molecular complexity index is 339. The van der Waals surface area contributed by atoms with Gasteiger partial charge in [0.1, 0.15) is 12.4 Å². The highest BCUT2D eigenvalue weighted by atomic mass is 35.5. The number of rotatable bonds is 9. The van der Waals surface area contributed by atoms with Crippen LogP contribution in [0.2, 0.25) is 5.02 Å². The van der Waals surface area contributed by atoms with Gasteiger partial charge in [-0.1, -0.05) is 25.4 Å². The molecule has 19 heavy (non-hydrogen) atoms. The van der Waals surface area contributed by atoms with E-state index in [0.717, 1.165) is 37.0 Å². The van der Waals surface area contributed by atoms with Crippen molar-refractivity contribution in [3.8, 4) is 5.75 Å². The summed E-state index contributed by atoms with van der Waals surface area (Å²) in [7, 11) is 0. The number of hydrogen-bond donors (Lipinski definition) is 1. The van der Waals surface area contributed by atoms with E-state index < -0.39 is 0 Å². The first-order chi connectivity index (χ1) is 9.15. The van der Waals surface area contributed by atoms with Crippen LogP contribution >= 0.6 is 11.6 Å². The van der Waals surface area contributed by atoms with Crippen LogP contribution in [0.25, 0.3) is 0 Å². The van der Waals surface area contributed by atoms with Crippen molar-refractivity contribution in [3.63, 3.8) is 0 Å². The average molecular weight is 285 g/mol. The molecule has 1 aromatic rings. The first-order valence-electron chi connectivity index (χ1n) is 6.99. The van der Waals surface area contributed by atoms with E-state index in [4.69, 9.17) is 16.3 Å². The molecule has 0 saturated heterocycles. The van der Waals surface area contributed by atoms with Crippen LogP contribution in [0.5, 0.6) is 5.75 Å². The van der Waals surface area contributed by atoms with Gasteiger partial charge in [-0.15, -0.1) is 0 Å². The molecule has 0 aliphatic carbocycles. The van der Waals surface area contributed by atoms with Crippen LogP contribution in [0.15, 0.2) is 24.3 Å². The van der Waals surface area contributed by atoms with Crippen molar-refractivity contribution in [2.45, 2.75) is 26.8 Å². The van der Waals surface area contributed by atoms with Crippen LogP contribution in [0.1, 0.15) is 20.8 Å². The molecule has 4 heteroatoms. The van der Waals surface area contributed by atoms with E-state index in [1.54, 1.807) is 0 Å². The maximum atomic E-state index is 5.82. The zero-order valence-electron chi connectivity index (χ0n) is 12.2. The van der Waals surface area contributed by atoms with Crippen molar-refractivity contribution >= 4 is 11.6 Å². The lowest BCUT2D eigenvalue weighted by atomic mass is 10.3. The van der Waals surface area contributed by atoms with Gasteiger partial charge in [0, 0.05) is 24.2 Å². The molecule has 1 rings (SSSR count). The van der Waals surface area contributed by atoms with Gasteiger partial charge in [0.15, 0.2) is 0 Å². The molecule has 0 heterocycles. The highest BCUT2D eigenvalue weighted by Crippen LogP contribution is 2.15. The normalized spacial score (nSPS) is 12.7. The largest absolute Gasteiger partial charge is 0.492 e. The molecule has 0 saturated carbocycles. The van der Waals surface area contributed by atoms with Crippen molar-refractivity contribution in [3.05, 3.63) is 29.3 Å². The molecule has 0 aromatic heterocycles. The molecule has 0 bridgehead atoms. The summed E-state index contributed by atoms with van der Waals surface area (Å²) in [6, 6.07) is 7.94. The number of likely N-dealkylation sites (N-methyl/N-ethyl adjacent to an activating group) is 1. The predicted octanol–water partition coefficient (Wildman–Crippen LogP) is 3.04. The number of ether oxygens (including phenoxy) is 1. The molecule has 0 spiro atoms. The minimum absolute atomic E-state index is 0.480. The molecule has 108 valence electrons. The lowest BCUT2D eigenvalue weighted by Gasteiger charge is -2.23. The monoisotopic (exact) mass is 284 g/mol. The second-order valence-electron chi connectivity index (χ2n) is 4.64. The molecule has 1 atom stereocenters. The van der Waals surface area contributed by atoms with Gasteiger partial charge < -0.3 is 15.0 Å². The first kappa shape index (κ1) is 16.3. The van der Waals surface area contributed by atoms with Crippen LogP contribution in [0.4, 0.5) is 0 Å². The zero-order chi connectivity index (χ0) is 14.1. The van der Waals surface area contributed by atoms with Crippen molar-refractivity contribution in [2.24, 2.45) is 0 Å². The molecular weight excluding hydrogens is 260 g/mol. The molecule has 0 aliphatic heterocycles. The van der Waals surface area contributed by atoms with Gasteiger partial charge in [-0.25, -0.2) is 0 Å². The maximum absolute atomic E-state index is 5.82. The Morgan fingerprint density at radius 3 is 2.42 bits per heavy atom. The van der Waals surface area contributed by atoms with E-state index in [0.29, 0.717) is 12.6 Å². The minimum atomic E-state index is 0.480. The van der Waals surface area contributed by atoms with Crippen molar-refractivity contribution < 1.29 is 4.74 Å². The number of benzene rings is 1. The van der Waals surface area contributed by atoms with E-state index in [2.05, 4.69) is 31.0 Å². The summed E-state index contributed by atoms with van der Waals surface area (Å²) in [5, 5.41) is 4.21. The predicted molar refractivity (Wildman–Crippen MR) is 82.2 cm³/mol. The fourth-order valence-corrected chi connectivity index (χ4v) is 2.06. The van der Waals surface area contributed by atoms with Crippen molar-refractivity contribution in [1.29, 1.82) is 0 Å². The molecule has 0 fully saturated rings. The summed E-state index contributed by atoms with van der Waals surface area (Å²) in [6.45, 7) is 11.4. The van der Waals surface area contributed by atoms with Crippen molar-refractivity contribution in [2.75, 3.05) is 32.8 Å². The van der Waals surface area contributed by atoms with Gasteiger partial charge in [0.25, 0.3) is 0 Å². The van der Waals surface area contributed by atoms with Gasteiger partial charge in [0.2, 0.25) is 0 Å². The first-order valence-corrected chi connectivity index (χ1v) is 7.37. The number of nitrogens with one attached hydrogen (secondary N) is 1. The molecule has 0 amide bonds. The smallest absolute Gasteiger partial charge is 0.119 e. The molecule has 0 aliphatic rings. The van der Waals surface area contributed by atoms with Gasteiger partial charge in [0.05, 0.1) is 0 Å². The number of nitrogens with zero attached hydrogens (tertiary/aromatic N) is 1. The van der Waals surface area contributed by atoms with Crippen LogP contribution in [0.3, 0.4) is 0 Å². The van der Waals surface area contributed by atoms with E-state index in [-0.39, 0.29) is 0 Å². The van der Waals surface area contributed by atoms with Crippen LogP contribution in [-0.4, -0.2) is 43.7 Å². The third kappa shape index (κ3) is 6.81. The summed E-state index contributed by atoms with van der Waals surface area (Å²) >= 11 is 5.82. The average Bonchev–Trinajstić information content (AvgIpc) is 2.43. The molecule has 1 aromatic carbocycles. The van der Waals surface area contributed by atoms with Gasteiger partial charge in [-0.2, -0.15) is 0 Å². The zero-order valence-corrected chi connectivity index (χ0v) is 12.9. The third-order valence-electron chi connectivity index (χ3n) is 3.10. The number of hydrogen-bond acceptors (Lipinski definition) is 3. The molecule has 1 N–H and O–H groups in total. The summed E-state index contributed by atoms with van der Waals surface area (Å²) in [5.41, 5.74) is 0. The molecule has 3 nitrogen and oxygen atoms in total. The van der Waals surface area contributed by atoms with E-state index in [1.165, 1.54) is 0 Å². The maximum Gasteiger partial charge on any atom is 0.119 e. The van der Waals surface area contributed by atoms with E-state index in [9.17, 15) is 0 Å². The summed E-state index contributed by atoms with van der Waals surface area (Å²) in [5.74, 6) is 0.864. The minimum Gasteiger partial charge on any atom is -0.492 e. The second-order valence-corrected chi connectivity index (χ2v) is 5.08. The molecule has 0 radical (unpaired) electrons. The second kappa shape index (κ2) is 9.18. The quantitative estimate of drug-likeness (QED) is 0.706. The molecule has 1 unspecified atom stereocenters. The topological polar surface area (TPSA) is 24.5 Å². The Morgan fingerprint density at radius 2 is 1.84 bits per heavy atom. The highest BCUT2D eigenvalue weighted by Gasteiger charge is 2.05. The van der Waals surface area contributed by atoms with Gasteiger partial charge in [-0.05, 0) is 44.3 Å². The summed E-state index contributed by atoms with van der Waals surface area (Å²) < 4.78 is 5.63. The SMILES string of the molecule is CCN(CC)CC(C)NCCOc1ccc(Cl)cc1. The fourth-order valence-electron chi connectivity index (χ4n) is 1.94. The summed E-state index contributed by atoms with van der Waals surface area (Å²) in [6.07, 6.45) is 0. The Hall–Kier alpha value is -0.770. The van der Waals surface area contributed by atoms with Gasteiger partial charge in [-0.3, -0.25) is 0 Å². The van der Waals surface area contributed by atoms with Crippen LogP contribution in [0, 0.1) is 0 Å². The number of halogens is 1. The standard InChI is InChI=1S/C15H25ClN2O/c1-4-18(5-2)12-13(3)17-10-11-19-15-8-6-14(16)7-9-15/h6-9,13,17H,4-5,10-12H2,1-3H3. The fraction of sp³-hybridized carbons (Fsp3) is 0.600. The third-order valence-corrected chi connectivity index (χ3v) is 3.36. The Kier molecular flexibility index (Phi) is 7.87. The molecular formula is C15H25ClN2O. The Balaban J connectivity index is 2.14.